The quantitative estimate of drug-likeness (QED) is 0.433. The Morgan fingerprint density at radius 3 is 3.00 bits per heavy atom. The number of rotatable bonds is 3. The van der Waals surface area contributed by atoms with Gasteiger partial charge in [0.15, 0.2) is 0 Å². The van der Waals surface area contributed by atoms with E-state index in [0.717, 1.165) is 13.0 Å². The van der Waals surface area contributed by atoms with Crippen molar-refractivity contribution in [2.75, 3.05) is 6.61 Å². The Hall–Kier alpha value is 0.430. The molecule has 1 nitrogen and oxygen atoms in total. The fraction of sp³-hybridized carbons (Fsp3) is 0.778. The molecule has 0 aliphatic carbocycles. The number of halogens is 1. The fourth-order valence-electron chi connectivity index (χ4n) is 1.35. The fourth-order valence-corrected chi connectivity index (χ4v) is 2.67. The Morgan fingerprint density at radius 2 is 2.55 bits per heavy atom. The molecule has 2 atom stereocenters. The van der Waals surface area contributed by atoms with Gasteiger partial charge in [-0.1, -0.05) is 28.2 Å². The summed E-state index contributed by atoms with van der Waals surface area (Å²) >= 11 is 2.47. The van der Waals surface area contributed by atoms with Gasteiger partial charge in [0.2, 0.25) is 0 Å². The molecule has 2 unspecified atom stereocenters. The highest BCUT2D eigenvalue weighted by Crippen LogP contribution is 2.25. The molecular weight excluding hydrogens is 251 g/mol. The predicted octanol–water partition coefficient (Wildman–Crippen LogP) is 2.94. The second-order valence-electron chi connectivity index (χ2n) is 3.23. The molecule has 0 spiro atoms. The van der Waals surface area contributed by atoms with Crippen LogP contribution in [0.5, 0.6) is 0 Å². The van der Waals surface area contributed by atoms with E-state index in [1.165, 1.54) is 18.4 Å². The third-order valence-electron chi connectivity index (χ3n) is 1.91. The third kappa shape index (κ3) is 3.11. The van der Waals surface area contributed by atoms with E-state index in [1.807, 2.05) is 0 Å². The average molecular weight is 266 g/mol. The van der Waals surface area contributed by atoms with Crippen molar-refractivity contribution in [3.63, 3.8) is 0 Å². The molecule has 0 radical (unpaired) electrons. The van der Waals surface area contributed by atoms with Crippen LogP contribution < -0.4 is 0 Å². The molecule has 0 aromatic heterocycles. The Bertz CT molecular complexity index is 138. The van der Waals surface area contributed by atoms with Crippen molar-refractivity contribution in [2.24, 2.45) is 0 Å². The van der Waals surface area contributed by atoms with Crippen molar-refractivity contribution in [2.45, 2.75) is 36.2 Å². The van der Waals surface area contributed by atoms with Gasteiger partial charge >= 0.3 is 0 Å². The first-order valence-corrected chi connectivity index (χ1v) is 5.35. The summed E-state index contributed by atoms with van der Waals surface area (Å²) in [5, 5.41) is 0. The molecule has 1 rings (SSSR count). The molecule has 0 aromatic carbocycles. The molecule has 1 aliphatic heterocycles. The van der Waals surface area contributed by atoms with Gasteiger partial charge in [0, 0.05) is 10.5 Å². The molecule has 0 bridgehead atoms. The van der Waals surface area contributed by atoms with Crippen molar-refractivity contribution < 1.29 is 4.74 Å². The van der Waals surface area contributed by atoms with E-state index in [4.69, 9.17) is 4.74 Å². The summed E-state index contributed by atoms with van der Waals surface area (Å²) in [7, 11) is 0. The zero-order chi connectivity index (χ0) is 8.27. The van der Waals surface area contributed by atoms with E-state index in [0.29, 0.717) is 10.0 Å². The van der Waals surface area contributed by atoms with Gasteiger partial charge in [-0.15, -0.1) is 6.58 Å². The first-order chi connectivity index (χ1) is 5.20. The molecule has 0 aromatic rings. The van der Waals surface area contributed by atoms with E-state index in [2.05, 4.69) is 36.1 Å². The van der Waals surface area contributed by atoms with Crippen molar-refractivity contribution in [3.05, 3.63) is 12.2 Å². The molecule has 64 valence electrons. The Labute approximate surface area is 82.3 Å². The Kier molecular flexibility index (Phi) is 3.85. The molecule has 1 heterocycles. The first kappa shape index (κ1) is 9.52. The van der Waals surface area contributed by atoms with E-state index in [1.54, 1.807) is 0 Å². The molecular formula is C9H15IO. The molecule has 1 fully saturated rings. The second kappa shape index (κ2) is 4.45. The van der Waals surface area contributed by atoms with Crippen LogP contribution in [0.25, 0.3) is 0 Å². The number of ether oxygens (including phenoxy) is 1. The normalized spacial score (nSPS) is 26.9. The highest BCUT2D eigenvalue weighted by Gasteiger charge is 2.23. The van der Waals surface area contributed by atoms with Gasteiger partial charge in [0.25, 0.3) is 0 Å². The van der Waals surface area contributed by atoms with Crippen LogP contribution >= 0.6 is 22.6 Å². The summed E-state index contributed by atoms with van der Waals surface area (Å²) in [5.41, 5.74) is 1.26. The SMILES string of the molecule is C=C(C)CC(I)C1CCCO1. The van der Waals surface area contributed by atoms with Crippen molar-refractivity contribution >= 4 is 22.6 Å². The number of alkyl halides is 1. The maximum atomic E-state index is 5.57. The first-order valence-electron chi connectivity index (χ1n) is 4.10. The molecule has 1 aliphatic rings. The number of hydrogen-bond donors (Lipinski definition) is 0. The van der Waals surface area contributed by atoms with E-state index >= 15 is 0 Å². The Morgan fingerprint density at radius 1 is 1.82 bits per heavy atom. The van der Waals surface area contributed by atoms with Crippen LogP contribution in [-0.4, -0.2) is 16.6 Å². The molecule has 0 N–H and O–H groups in total. The maximum Gasteiger partial charge on any atom is 0.0696 e. The van der Waals surface area contributed by atoms with Crippen LogP contribution in [0.1, 0.15) is 26.2 Å². The lowest BCUT2D eigenvalue weighted by atomic mass is 10.1. The lowest BCUT2D eigenvalue weighted by molar-refractivity contribution is 0.112. The monoisotopic (exact) mass is 266 g/mol. The molecule has 0 amide bonds. The van der Waals surface area contributed by atoms with Crippen LogP contribution in [0, 0.1) is 0 Å². The predicted molar refractivity (Wildman–Crippen MR) is 56.2 cm³/mol. The molecule has 11 heavy (non-hydrogen) atoms. The summed E-state index contributed by atoms with van der Waals surface area (Å²) in [4.78, 5) is 0. The van der Waals surface area contributed by atoms with Gasteiger partial charge in [-0.25, -0.2) is 0 Å². The molecule has 2 heteroatoms. The van der Waals surface area contributed by atoms with Gasteiger partial charge in [-0.3, -0.25) is 0 Å². The van der Waals surface area contributed by atoms with Crippen molar-refractivity contribution in [1.29, 1.82) is 0 Å². The van der Waals surface area contributed by atoms with Crippen LogP contribution in [0.15, 0.2) is 12.2 Å². The molecule has 1 saturated heterocycles. The van der Waals surface area contributed by atoms with Gasteiger partial charge in [0.05, 0.1) is 6.10 Å². The average Bonchev–Trinajstić information content (AvgIpc) is 2.35. The lowest BCUT2D eigenvalue weighted by Crippen LogP contribution is -2.19. The zero-order valence-electron chi connectivity index (χ0n) is 6.98. The van der Waals surface area contributed by atoms with Crippen LogP contribution in [-0.2, 0) is 4.74 Å². The number of allylic oxidation sites excluding steroid dienone is 1. The number of hydrogen-bond acceptors (Lipinski definition) is 1. The van der Waals surface area contributed by atoms with Gasteiger partial charge in [0.1, 0.15) is 0 Å². The Balaban J connectivity index is 2.28. The minimum absolute atomic E-state index is 0.493. The largest absolute Gasteiger partial charge is 0.377 e. The van der Waals surface area contributed by atoms with Crippen LogP contribution in [0.4, 0.5) is 0 Å². The summed E-state index contributed by atoms with van der Waals surface area (Å²) in [6, 6.07) is 0. The van der Waals surface area contributed by atoms with Crippen molar-refractivity contribution in [3.8, 4) is 0 Å². The maximum absolute atomic E-state index is 5.57. The summed E-state index contributed by atoms with van der Waals surface area (Å²) in [5.74, 6) is 0. The highest BCUT2D eigenvalue weighted by atomic mass is 127. The van der Waals surface area contributed by atoms with E-state index < -0.39 is 0 Å². The summed E-state index contributed by atoms with van der Waals surface area (Å²) < 4.78 is 6.20. The van der Waals surface area contributed by atoms with E-state index in [9.17, 15) is 0 Å². The minimum Gasteiger partial charge on any atom is -0.377 e. The molecule has 0 saturated carbocycles. The standard InChI is InChI=1S/C9H15IO/c1-7(2)6-8(10)9-4-3-5-11-9/h8-9H,1,3-6H2,2H3. The smallest absolute Gasteiger partial charge is 0.0696 e. The van der Waals surface area contributed by atoms with Gasteiger partial charge in [-0.2, -0.15) is 0 Å². The second-order valence-corrected chi connectivity index (χ2v) is 4.83. The van der Waals surface area contributed by atoms with Crippen LogP contribution in [0.3, 0.4) is 0 Å². The van der Waals surface area contributed by atoms with E-state index in [-0.39, 0.29) is 0 Å². The topological polar surface area (TPSA) is 9.23 Å². The van der Waals surface area contributed by atoms with Crippen LogP contribution in [0.2, 0.25) is 0 Å². The highest BCUT2D eigenvalue weighted by molar-refractivity contribution is 14.1. The van der Waals surface area contributed by atoms with Gasteiger partial charge in [-0.05, 0) is 26.2 Å². The summed E-state index contributed by atoms with van der Waals surface area (Å²) in [6.07, 6.45) is 4.07. The van der Waals surface area contributed by atoms with Crippen molar-refractivity contribution in [1.82, 2.24) is 0 Å². The lowest BCUT2D eigenvalue weighted by Gasteiger charge is -2.16. The van der Waals surface area contributed by atoms with Gasteiger partial charge < -0.3 is 4.74 Å². The minimum atomic E-state index is 0.493. The summed E-state index contributed by atoms with van der Waals surface area (Å²) in [6.45, 7) is 6.95. The zero-order valence-corrected chi connectivity index (χ0v) is 9.13. The third-order valence-corrected chi connectivity index (χ3v) is 3.15.